The summed E-state index contributed by atoms with van der Waals surface area (Å²) in [6, 6.07) is 0. The lowest BCUT2D eigenvalue weighted by molar-refractivity contribution is -0.129. The molecule has 0 bridgehead atoms. The fourth-order valence-corrected chi connectivity index (χ4v) is 1.65. The van der Waals surface area contributed by atoms with Crippen molar-refractivity contribution < 1.29 is 19.1 Å². The van der Waals surface area contributed by atoms with E-state index in [0.29, 0.717) is 26.2 Å². The van der Waals surface area contributed by atoms with Crippen molar-refractivity contribution in [2.75, 3.05) is 13.2 Å². The van der Waals surface area contributed by atoms with E-state index in [1.807, 2.05) is 0 Å². The van der Waals surface area contributed by atoms with Crippen LogP contribution in [0.3, 0.4) is 0 Å². The number of hydrogen-bond donors (Lipinski definition) is 0. The molecule has 0 radical (unpaired) electrons. The van der Waals surface area contributed by atoms with Crippen molar-refractivity contribution in [1.82, 2.24) is 0 Å². The summed E-state index contributed by atoms with van der Waals surface area (Å²) in [6.07, 6.45) is 4.10. The second-order valence-corrected chi connectivity index (χ2v) is 3.23. The summed E-state index contributed by atoms with van der Waals surface area (Å²) in [5.41, 5.74) is 2.20. The van der Waals surface area contributed by atoms with Gasteiger partial charge < -0.3 is 9.47 Å². The summed E-state index contributed by atoms with van der Waals surface area (Å²) in [4.78, 5) is 20.1. The molecule has 0 fully saturated rings. The van der Waals surface area contributed by atoms with Gasteiger partial charge >= 0.3 is 0 Å². The Bertz CT molecular complexity index is 208. The summed E-state index contributed by atoms with van der Waals surface area (Å²) in [5.74, 6) is 0. The Balaban J connectivity index is 2.53. The van der Waals surface area contributed by atoms with Gasteiger partial charge in [0.25, 0.3) is 12.9 Å². The summed E-state index contributed by atoms with van der Waals surface area (Å²) in [6.45, 7) is 1.56. The monoisotopic (exact) mass is 198 g/mol. The lowest BCUT2D eigenvalue weighted by Gasteiger charge is -2.18. The number of carbonyl (C=O) groups is 2. The maximum atomic E-state index is 10.0. The van der Waals surface area contributed by atoms with E-state index in [2.05, 4.69) is 0 Å². The van der Waals surface area contributed by atoms with Gasteiger partial charge in [0.2, 0.25) is 0 Å². The van der Waals surface area contributed by atoms with Crippen LogP contribution in [-0.2, 0) is 19.1 Å². The second kappa shape index (κ2) is 6.18. The minimum Gasteiger partial charge on any atom is -0.463 e. The lowest BCUT2D eigenvalue weighted by Crippen LogP contribution is -2.10. The van der Waals surface area contributed by atoms with E-state index in [0.717, 1.165) is 36.8 Å². The third kappa shape index (κ3) is 3.20. The standard InChI is InChI=1S/C10H14O4/c11-7-13-5-9-3-1-2-4-10(9)6-14-8-12/h7-8H,1-6H2. The highest BCUT2D eigenvalue weighted by molar-refractivity contribution is 5.39. The predicted molar refractivity (Wildman–Crippen MR) is 49.5 cm³/mol. The van der Waals surface area contributed by atoms with E-state index >= 15 is 0 Å². The molecule has 0 amide bonds. The quantitative estimate of drug-likeness (QED) is 0.475. The molecule has 78 valence electrons. The Morgan fingerprint density at radius 3 is 1.71 bits per heavy atom. The fourth-order valence-electron chi connectivity index (χ4n) is 1.65. The molecule has 0 atom stereocenters. The summed E-state index contributed by atoms with van der Waals surface area (Å²) in [7, 11) is 0. The molecule has 0 heterocycles. The molecule has 0 aromatic carbocycles. The molecule has 0 aromatic rings. The van der Waals surface area contributed by atoms with E-state index in [1.54, 1.807) is 0 Å². The average Bonchev–Trinajstić information content (AvgIpc) is 2.24. The van der Waals surface area contributed by atoms with E-state index < -0.39 is 0 Å². The number of ether oxygens (including phenoxy) is 2. The van der Waals surface area contributed by atoms with Crippen molar-refractivity contribution in [2.24, 2.45) is 0 Å². The number of rotatable bonds is 6. The molecule has 4 nitrogen and oxygen atoms in total. The van der Waals surface area contributed by atoms with E-state index in [4.69, 9.17) is 9.47 Å². The van der Waals surface area contributed by atoms with E-state index in [9.17, 15) is 9.59 Å². The highest BCUT2D eigenvalue weighted by Gasteiger charge is 2.13. The van der Waals surface area contributed by atoms with Crippen molar-refractivity contribution in [1.29, 1.82) is 0 Å². The minimum absolute atomic E-state index is 0.334. The molecule has 0 saturated carbocycles. The molecular weight excluding hydrogens is 184 g/mol. The molecule has 0 aromatic heterocycles. The van der Waals surface area contributed by atoms with E-state index in [1.165, 1.54) is 0 Å². The predicted octanol–water partition coefficient (Wildman–Crippen LogP) is 1.20. The summed E-state index contributed by atoms with van der Waals surface area (Å²) in [5, 5.41) is 0. The third-order valence-corrected chi connectivity index (χ3v) is 2.36. The van der Waals surface area contributed by atoms with Crippen molar-refractivity contribution in [3.05, 3.63) is 11.1 Å². The molecule has 0 N–H and O–H groups in total. The SMILES string of the molecule is O=COCC1=C(COC=O)CCCC1. The number of hydrogen-bond acceptors (Lipinski definition) is 4. The first-order valence-corrected chi connectivity index (χ1v) is 4.68. The Morgan fingerprint density at radius 2 is 1.36 bits per heavy atom. The van der Waals surface area contributed by atoms with Gasteiger partial charge in [-0.3, -0.25) is 9.59 Å². The van der Waals surface area contributed by atoms with Crippen molar-refractivity contribution in [3.8, 4) is 0 Å². The van der Waals surface area contributed by atoms with Crippen LogP contribution in [0.5, 0.6) is 0 Å². The van der Waals surface area contributed by atoms with Crippen LogP contribution in [0.25, 0.3) is 0 Å². The summed E-state index contributed by atoms with van der Waals surface area (Å²) < 4.78 is 9.40. The van der Waals surface area contributed by atoms with Crippen LogP contribution >= 0.6 is 0 Å². The first-order chi connectivity index (χ1) is 6.88. The molecule has 0 unspecified atom stereocenters. The summed E-state index contributed by atoms with van der Waals surface area (Å²) >= 11 is 0. The van der Waals surface area contributed by atoms with Crippen LogP contribution in [0.15, 0.2) is 11.1 Å². The third-order valence-electron chi connectivity index (χ3n) is 2.36. The van der Waals surface area contributed by atoms with Crippen molar-refractivity contribution in [3.63, 3.8) is 0 Å². The maximum absolute atomic E-state index is 10.0. The molecule has 1 aliphatic rings. The molecule has 4 heteroatoms. The lowest BCUT2D eigenvalue weighted by atomic mass is 9.92. The second-order valence-electron chi connectivity index (χ2n) is 3.23. The molecule has 0 spiro atoms. The van der Waals surface area contributed by atoms with Gasteiger partial charge in [0.05, 0.1) is 0 Å². The van der Waals surface area contributed by atoms with Crippen LogP contribution in [0.1, 0.15) is 25.7 Å². The zero-order chi connectivity index (χ0) is 10.2. The van der Waals surface area contributed by atoms with E-state index in [-0.39, 0.29) is 0 Å². The minimum atomic E-state index is 0.334. The van der Waals surface area contributed by atoms with Crippen LogP contribution in [-0.4, -0.2) is 26.2 Å². The highest BCUT2D eigenvalue weighted by atomic mass is 16.5. The van der Waals surface area contributed by atoms with Crippen molar-refractivity contribution >= 4 is 12.9 Å². The molecule has 1 rings (SSSR count). The van der Waals surface area contributed by atoms with Gasteiger partial charge in [0, 0.05) is 0 Å². The maximum Gasteiger partial charge on any atom is 0.293 e. The van der Waals surface area contributed by atoms with Crippen LogP contribution in [0.2, 0.25) is 0 Å². The van der Waals surface area contributed by atoms with Gasteiger partial charge in [-0.1, -0.05) is 0 Å². The zero-order valence-corrected chi connectivity index (χ0v) is 8.03. The van der Waals surface area contributed by atoms with Crippen LogP contribution in [0, 0.1) is 0 Å². The molecule has 0 saturated heterocycles. The number of carbonyl (C=O) groups excluding carboxylic acids is 2. The molecular formula is C10H14O4. The van der Waals surface area contributed by atoms with Gasteiger partial charge in [-0.15, -0.1) is 0 Å². The van der Waals surface area contributed by atoms with Crippen molar-refractivity contribution in [2.45, 2.75) is 25.7 Å². The van der Waals surface area contributed by atoms with Gasteiger partial charge in [-0.05, 0) is 36.8 Å². The first kappa shape index (κ1) is 10.8. The normalized spacial score (nSPS) is 16.3. The largest absolute Gasteiger partial charge is 0.463 e. The first-order valence-electron chi connectivity index (χ1n) is 4.68. The Labute approximate surface area is 82.9 Å². The molecule has 1 aliphatic carbocycles. The van der Waals surface area contributed by atoms with Gasteiger partial charge in [0.1, 0.15) is 13.2 Å². The topological polar surface area (TPSA) is 52.6 Å². The van der Waals surface area contributed by atoms with Crippen LogP contribution < -0.4 is 0 Å². The van der Waals surface area contributed by atoms with Gasteiger partial charge in [-0.25, -0.2) is 0 Å². The Kier molecular flexibility index (Phi) is 4.75. The Hall–Kier alpha value is -1.32. The Morgan fingerprint density at radius 1 is 0.929 bits per heavy atom. The molecule has 0 aliphatic heterocycles. The molecule has 14 heavy (non-hydrogen) atoms. The van der Waals surface area contributed by atoms with Gasteiger partial charge in [-0.2, -0.15) is 0 Å². The van der Waals surface area contributed by atoms with Gasteiger partial charge in [0.15, 0.2) is 0 Å². The fraction of sp³-hybridized carbons (Fsp3) is 0.600. The average molecular weight is 198 g/mol. The zero-order valence-electron chi connectivity index (χ0n) is 8.03. The smallest absolute Gasteiger partial charge is 0.293 e. The highest BCUT2D eigenvalue weighted by Crippen LogP contribution is 2.24. The van der Waals surface area contributed by atoms with Crippen LogP contribution in [0.4, 0.5) is 0 Å².